The molecule has 0 radical (unpaired) electrons. The first-order chi connectivity index (χ1) is 23.5. The van der Waals surface area contributed by atoms with E-state index in [1.807, 2.05) is 36.4 Å². The van der Waals surface area contributed by atoms with Crippen LogP contribution in [0.2, 0.25) is 0 Å². The van der Waals surface area contributed by atoms with E-state index in [1.165, 1.54) is 152 Å². The van der Waals surface area contributed by atoms with Crippen LogP contribution >= 0.6 is 0 Å². The molecule has 0 fully saturated rings. The second-order valence-electron chi connectivity index (χ2n) is 14.3. The van der Waals surface area contributed by atoms with Crippen molar-refractivity contribution < 1.29 is 19.4 Å². The number of aryl methyl sites for hydroxylation is 2. The van der Waals surface area contributed by atoms with Gasteiger partial charge in [0.15, 0.2) is 0 Å². The summed E-state index contributed by atoms with van der Waals surface area (Å²) in [7, 11) is 0. The monoisotopic (exact) mass is 665 g/mol. The molecular weight excluding hydrogens is 592 g/mol. The molecule has 0 saturated heterocycles. The third-order valence-corrected chi connectivity index (χ3v) is 9.74. The third-order valence-electron chi connectivity index (χ3n) is 9.74. The number of aliphatic hydroxyl groups excluding tert-OH is 1. The van der Waals surface area contributed by atoms with Crippen molar-refractivity contribution in [1.29, 1.82) is 0 Å². The number of rotatable bonds is 32. The number of hydrogen-bond acceptors (Lipinski definition) is 4. The number of hydrogen-bond donors (Lipinski definition) is 1. The van der Waals surface area contributed by atoms with E-state index in [1.54, 1.807) is 6.92 Å². The van der Waals surface area contributed by atoms with Crippen LogP contribution in [0.15, 0.2) is 48.5 Å². The van der Waals surface area contributed by atoms with Gasteiger partial charge in [-0.3, -0.25) is 4.79 Å². The molecular formula is C44H72O4. The third kappa shape index (κ3) is 19.0. The number of aldehydes is 1. The predicted molar refractivity (Wildman–Crippen MR) is 204 cm³/mol. The van der Waals surface area contributed by atoms with Gasteiger partial charge in [-0.15, -0.1) is 0 Å². The minimum atomic E-state index is -1.82. The number of benzene rings is 2. The lowest BCUT2D eigenvalue weighted by molar-refractivity contribution is -0.178. The highest BCUT2D eigenvalue weighted by atomic mass is 16.7. The fourth-order valence-corrected chi connectivity index (χ4v) is 6.58. The van der Waals surface area contributed by atoms with Crippen molar-refractivity contribution in [2.24, 2.45) is 0 Å². The minimum absolute atomic E-state index is 0.534. The van der Waals surface area contributed by atoms with Gasteiger partial charge in [0, 0.05) is 0 Å². The highest BCUT2D eigenvalue weighted by molar-refractivity contribution is 5.63. The smallest absolute Gasteiger partial charge is 0.334 e. The van der Waals surface area contributed by atoms with E-state index >= 15 is 0 Å². The average Bonchev–Trinajstić information content (AvgIpc) is 3.09. The first-order valence-electron chi connectivity index (χ1n) is 20.2. The summed E-state index contributed by atoms with van der Waals surface area (Å²) in [6.07, 6.45) is 33.4. The summed E-state index contributed by atoms with van der Waals surface area (Å²) in [6, 6.07) is 15.8. The second kappa shape index (κ2) is 27.5. The Morgan fingerprint density at radius 2 is 0.854 bits per heavy atom. The van der Waals surface area contributed by atoms with Crippen molar-refractivity contribution in [1.82, 2.24) is 0 Å². The summed E-state index contributed by atoms with van der Waals surface area (Å²) in [5.41, 5.74) is 2.35. The molecule has 4 nitrogen and oxygen atoms in total. The largest absolute Gasteiger partial charge is 0.444 e. The molecule has 0 aliphatic rings. The van der Waals surface area contributed by atoms with Crippen LogP contribution in [0, 0.1) is 0 Å². The minimum Gasteiger partial charge on any atom is -0.444 e. The summed E-state index contributed by atoms with van der Waals surface area (Å²) in [5.74, 6) is -0.748. The number of unbranched alkanes of at least 4 members (excludes halogenated alkanes) is 22. The number of carbonyl (C=O) groups excluding carboxylic acids is 1. The van der Waals surface area contributed by atoms with E-state index in [0.29, 0.717) is 17.8 Å². The Bertz CT molecular complexity index is 974. The number of carbonyl (C=O) groups is 1. The van der Waals surface area contributed by atoms with Crippen molar-refractivity contribution in [3.05, 3.63) is 59.7 Å². The lowest BCUT2D eigenvalue weighted by atomic mass is 10.0. The van der Waals surface area contributed by atoms with Gasteiger partial charge < -0.3 is 14.6 Å². The van der Waals surface area contributed by atoms with Crippen molar-refractivity contribution in [3.8, 4) is 11.5 Å². The second-order valence-corrected chi connectivity index (χ2v) is 14.3. The molecule has 0 spiro atoms. The Kier molecular flexibility index (Phi) is 24.0. The van der Waals surface area contributed by atoms with Gasteiger partial charge >= 0.3 is 5.79 Å². The molecule has 2 aromatic carbocycles. The normalized spacial score (nSPS) is 12.2. The molecule has 0 amide bonds. The molecule has 272 valence electrons. The van der Waals surface area contributed by atoms with Crippen LogP contribution in [0.3, 0.4) is 0 Å². The molecule has 2 aromatic rings. The zero-order valence-corrected chi connectivity index (χ0v) is 31.3. The molecule has 4 heteroatoms. The van der Waals surface area contributed by atoms with Crippen LogP contribution in [0.5, 0.6) is 11.5 Å². The van der Waals surface area contributed by atoms with E-state index < -0.39 is 11.9 Å². The van der Waals surface area contributed by atoms with Gasteiger partial charge in [0.1, 0.15) is 17.6 Å². The standard InChI is InChI=1S/C44H72O4/c1-4-6-8-10-12-14-16-18-20-22-24-26-30-40-32-28-34-42(36-40)47-44(38-45,39(3)46)48-43-35-29-33-41(37-43)31-27-25-23-21-19-17-15-13-11-9-7-5-2/h28-29,32-39,46H,4-27,30-31H2,1-3H3. The van der Waals surface area contributed by atoms with Gasteiger partial charge in [-0.1, -0.05) is 179 Å². The van der Waals surface area contributed by atoms with Gasteiger partial charge in [0.25, 0.3) is 0 Å². The van der Waals surface area contributed by atoms with Crippen LogP contribution in [-0.4, -0.2) is 23.3 Å². The maximum atomic E-state index is 12.4. The van der Waals surface area contributed by atoms with Crippen LogP contribution in [-0.2, 0) is 17.6 Å². The van der Waals surface area contributed by atoms with E-state index in [4.69, 9.17) is 9.47 Å². The zero-order chi connectivity index (χ0) is 34.5. The fraction of sp³-hybridized carbons (Fsp3) is 0.705. The molecule has 48 heavy (non-hydrogen) atoms. The lowest BCUT2D eigenvalue weighted by Gasteiger charge is -2.32. The van der Waals surface area contributed by atoms with Gasteiger partial charge in [0.05, 0.1) is 0 Å². The van der Waals surface area contributed by atoms with Gasteiger partial charge in [0.2, 0.25) is 6.29 Å². The molecule has 1 unspecified atom stereocenters. The molecule has 2 rings (SSSR count). The van der Waals surface area contributed by atoms with Gasteiger partial charge in [-0.05, 0) is 68.0 Å². The predicted octanol–water partition coefficient (Wildman–Crippen LogP) is 12.9. The number of ether oxygens (including phenoxy) is 2. The molecule has 0 heterocycles. The molecule has 1 atom stereocenters. The van der Waals surface area contributed by atoms with Crippen molar-refractivity contribution in [2.75, 3.05) is 0 Å². The first-order valence-corrected chi connectivity index (χ1v) is 20.2. The summed E-state index contributed by atoms with van der Waals surface area (Å²) in [6.45, 7) is 6.09. The maximum Gasteiger partial charge on any atom is 0.334 e. The SMILES string of the molecule is CCCCCCCCCCCCCCc1cccc(OC(C=O)(Oc2cccc(CCCCCCCCCCCCCC)c2)C(C)O)c1. The zero-order valence-electron chi connectivity index (χ0n) is 31.3. The van der Waals surface area contributed by atoms with Crippen LogP contribution in [0.4, 0.5) is 0 Å². The van der Waals surface area contributed by atoms with Crippen molar-refractivity contribution in [3.63, 3.8) is 0 Å². The molecule has 0 saturated carbocycles. The Morgan fingerprint density at radius 1 is 0.542 bits per heavy atom. The fourth-order valence-electron chi connectivity index (χ4n) is 6.58. The molecule has 0 bridgehead atoms. The van der Waals surface area contributed by atoms with E-state index in [2.05, 4.69) is 26.0 Å². The average molecular weight is 665 g/mol. The van der Waals surface area contributed by atoms with E-state index in [9.17, 15) is 9.90 Å². The van der Waals surface area contributed by atoms with Crippen LogP contribution in [0.25, 0.3) is 0 Å². The molecule has 0 aliphatic carbocycles. The summed E-state index contributed by atoms with van der Waals surface area (Å²) in [5, 5.41) is 10.7. The quantitative estimate of drug-likeness (QED) is 0.0480. The first kappa shape index (κ1) is 41.8. The lowest BCUT2D eigenvalue weighted by Crippen LogP contribution is -2.53. The Morgan fingerprint density at radius 3 is 1.15 bits per heavy atom. The highest BCUT2D eigenvalue weighted by Gasteiger charge is 2.41. The summed E-state index contributed by atoms with van der Waals surface area (Å²) < 4.78 is 12.3. The van der Waals surface area contributed by atoms with Crippen molar-refractivity contribution >= 4 is 6.29 Å². The van der Waals surface area contributed by atoms with Crippen LogP contribution < -0.4 is 9.47 Å². The topological polar surface area (TPSA) is 55.8 Å². The summed E-state index contributed by atoms with van der Waals surface area (Å²) in [4.78, 5) is 12.4. The Hall–Kier alpha value is -2.33. The summed E-state index contributed by atoms with van der Waals surface area (Å²) >= 11 is 0. The maximum absolute atomic E-state index is 12.4. The molecule has 0 aromatic heterocycles. The Labute approximate surface area is 295 Å². The van der Waals surface area contributed by atoms with E-state index in [-0.39, 0.29) is 0 Å². The number of aliphatic hydroxyl groups is 1. The van der Waals surface area contributed by atoms with E-state index in [0.717, 1.165) is 25.7 Å². The highest BCUT2D eigenvalue weighted by Crippen LogP contribution is 2.27. The van der Waals surface area contributed by atoms with Crippen LogP contribution in [0.1, 0.15) is 186 Å². The molecule has 0 aliphatic heterocycles. The van der Waals surface area contributed by atoms with Gasteiger partial charge in [-0.2, -0.15) is 0 Å². The van der Waals surface area contributed by atoms with Crippen molar-refractivity contribution in [2.45, 2.75) is 200 Å². The molecule has 1 N–H and O–H groups in total. The van der Waals surface area contributed by atoms with Gasteiger partial charge in [-0.25, -0.2) is 0 Å². The Balaban J connectivity index is 1.73.